The van der Waals surface area contributed by atoms with E-state index in [9.17, 15) is 18.5 Å². The van der Waals surface area contributed by atoms with Crippen molar-refractivity contribution in [2.24, 2.45) is 0 Å². The van der Waals surface area contributed by atoms with Crippen molar-refractivity contribution in [3.8, 4) is 0 Å². The molecule has 0 aliphatic carbocycles. The molecule has 0 atom stereocenters. The maximum atomic E-state index is 12.7. The van der Waals surface area contributed by atoms with Crippen molar-refractivity contribution in [2.45, 2.75) is 11.4 Å². The van der Waals surface area contributed by atoms with Gasteiger partial charge in [-0.2, -0.15) is 4.31 Å². The molecule has 7 nitrogen and oxygen atoms in total. The number of nitro benzene ring substituents is 1. The fourth-order valence-electron chi connectivity index (χ4n) is 2.88. The quantitative estimate of drug-likeness (QED) is 0.601. The van der Waals surface area contributed by atoms with E-state index in [2.05, 4.69) is 4.90 Å². The lowest BCUT2D eigenvalue weighted by Crippen LogP contribution is -2.48. The molecule has 0 unspecified atom stereocenters. The van der Waals surface area contributed by atoms with E-state index in [-0.39, 0.29) is 10.6 Å². The van der Waals surface area contributed by atoms with E-state index in [1.165, 1.54) is 28.1 Å². The molecule has 0 bridgehead atoms. The molecule has 3 rings (SSSR count). The van der Waals surface area contributed by atoms with Gasteiger partial charge in [-0.05, 0) is 11.6 Å². The van der Waals surface area contributed by atoms with E-state index in [4.69, 9.17) is 0 Å². The zero-order valence-electron chi connectivity index (χ0n) is 13.6. The Morgan fingerprint density at radius 3 is 2.28 bits per heavy atom. The second kappa shape index (κ2) is 7.30. The Labute approximate surface area is 146 Å². The lowest BCUT2D eigenvalue weighted by molar-refractivity contribution is -0.385. The van der Waals surface area contributed by atoms with Gasteiger partial charge in [0.15, 0.2) is 0 Å². The lowest BCUT2D eigenvalue weighted by Gasteiger charge is -2.34. The molecule has 0 amide bonds. The molecule has 1 heterocycles. The van der Waals surface area contributed by atoms with Crippen molar-refractivity contribution >= 4 is 15.7 Å². The molecular weight excluding hydrogens is 342 g/mol. The van der Waals surface area contributed by atoms with Gasteiger partial charge < -0.3 is 0 Å². The predicted octanol–water partition coefficient (Wildman–Crippen LogP) is 2.10. The maximum Gasteiger partial charge on any atom is 0.270 e. The summed E-state index contributed by atoms with van der Waals surface area (Å²) in [7, 11) is -3.71. The van der Waals surface area contributed by atoms with Gasteiger partial charge in [-0.1, -0.05) is 36.4 Å². The number of hydrogen-bond acceptors (Lipinski definition) is 5. The standard InChI is InChI=1S/C17H19N3O4S/c21-20(22)16-7-4-8-17(13-16)25(23,24)19-11-9-18(10-12-19)14-15-5-2-1-3-6-15/h1-8,13H,9-12,14H2. The number of rotatable bonds is 5. The van der Waals surface area contributed by atoms with Crippen LogP contribution in [0.15, 0.2) is 59.5 Å². The van der Waals surface area contributed by atoms with E-state index in [1.54, 1.807) is 0 Å². The molecule has 0 saturated carbocycles. The number of sulfonamides is 1. The third kappa shape index (κ3) is 4.04. The van der Waals surface area contributed by atoms with Crippen LogP contribution in [0.5, 0.6) is 0 Å². The third-order valence-electron chi connectivity index (χ3n) is 4.25. The molecule has 0 N–H and O–H groups in total. The van der Waals surface area contributed by atoms with Gasteiger partial charge in [0.1, 0.15) is 0 Å². The number of benzene rings is 2. The number of nitrogens with zero attached hydrogens (tertiary/aromatic N) is 3. The highest BCUT2D eigenvalue weighted by molar-refractivity contribution is 7.89. The summed E-state index contributed by atoms with van der Waals surface area (Å²) in [5.41, 5.74) is 0.973. The number of non-ortho nitro benzene ring substituents is 1. The molecule has 0 spiro atoms. The van der Waals surface area contributed by atoms with E-state index in [0.717, 1.165) is 12.6 Å². The summed E-state index contributed by atoms with van der Waals surface area (Å²) in [6.45, 7) is 2.79. The van der Waals surface area contributed by atoms with Crippen LogP contribution in [0, 0.1) is 10.1 Å². The van der Waals surface area contributed by atoms with Gasteiger partial charge in [0, 0.05) is 44.9 Å². The maximum absolute atomic E-state index is 12.7. The minimum absolute atomic E-state index is 0.0294. The Bertz CT molecular complexity index is 847. The first-order valence-electron chi connectivity index (χ1n) is 7.98. The average molecular weight is 361 g/mol. The minimum atomic E-state index is -3.71. The first-order chi connectivity index (χ1) is 12.0. The molecule has 1 saturated heterocycles. The zero-order chi connectivity index (χ0) is 17.9. The van der Waals surface area contributed by atoms with Crippen LogP contribution in [0.3, 0.4) is 0 Å². The Kier molecular flexibility index (Phi) is 5.12. The van der Waals surface area contributed by atoms with Crippen molar-refractivity contribution in [3.63, 3.8) is 0 Å². The van der Waals surface area contributed by atoms with Crippen LogP contribution >= 0.6 is 0 Å². The van der Waals surface area contributed by atoms with Gasteiger partial charge in [-0.15, -0.1) is 0 Å². The molecule has 2 aromatic carbocycles. The van der Waals surface area contributed by atoms with Crippen molar-refractivity contribution < 1.29 is 13.3 Å². The van der Waals surface area contributed by atoms with Crippen LogP contribution in [-0.4, -0.2) is 48.7 Å². The summed E-state index contributed by atoms with van der Waals surface area (Å²) in [4.78, 5) is 12.5. The van der Waals surface area contributed by atoms with E-state index >= 15 is 0 Å². The van der Waals surface area contributed by atoms with Crippen LogP contribution in [0.1, 0.15) is 5.56 Å². The zero-order valence-corrected chi connectivity index (χ0v) is 14.4. The van der Waals surface area contributed by atoms with Crippen molar-refractivity contribution in [1.82, 2.24) is 9.21 Å². The van der Waals surface area contributed by atoms with Crippen LogP contribution in [0.2, 0.25) is 0 Å². The highest BCUT2D eigenvalue weighted by Gasteiger charge is 2.29. The Balaban J connectivity index is 1.67. The number of piperazine rings is 1. The van der Waals surface area contributed by atoms with Gasteiger partial charge in [-0.25, -0.2) is 8.42 Å². The van der Waals surface area contributed by atoms with Crippen LogP contribution in [0.25, 0.3) is 0 Å². The molecule has 1 aliphatic rings. The summed E-state index contributed by atoms with van der Waals surface area (Å²) in [5.74, 6) is 0. The first-order valence-corrected chi connectivity index (χ1v) is 9.42. The van der Waals surface area contributed by atoms with Crippen LogP contribution < -0.4 is 0 Å². The van der Waals surface area contributed by atoms with Crippen molar-refractivity contribution in [1.29, 1.82) is 0 Å². The fourth-order valence-corrected chi connectivity index (χ4v) is 4.34. The topological polar surface area (TPSA) is 83.8 Å². The minimum Gasteiger partial charge on any atom is -0.296 e. The molecule has 0 radical (unpaired) electrons. The molecule has 25 heavy (non-hydrogen) atoms. The Morgan fingerprint density at radius 2 is 1.64 bits per heavy atom. The van der Waals surface area contributed by atoms with E-state index < -0.39 is 14.9 Å². The smallest absolute Gasteiger partial charge is 0.270 e. The molecule has 132 valence electrons. The largest absolute Gasteiger partial charge is 0.296 e. The molecular formula is C17H19N3O4S. The highest BCUT2D eigenvalue weighted by atomic mass is 32.2. The molecule has 1 aliphatic heterocycles. The Hall–Kier alpha value is -2.29. The summed E-state index contributed by atoms with van der Waals surface area (Å²) in [6.07, 6.45) is 0. The van der Waals surface area contributed by atoms with Gasteiger partial charge in [0.25, 0.3) is 5.69 Å². The first kappa shape index (κ1) is 17.5. The summed E-state index contributed by atoms with van der Waals surface area (Å²) >= 11 is 0. The van der Waals surface area contributed by atoms with Crippen LogP contribution in [0.4, 0.5) is 5.69 Å². The SMILES string of the molecule is O=[N+]([O-])c1cccc(S(=O)(=O)N2CCN(Cc3ccccc3)CC2)c1. The Morgan fingerprint density at radius 1 is 0.960 bits per heavy atom. The van der Waals surface area contributed by atoms with Gasteiger partial charge >= 0.3 is 0 Å². The van der Waals surface area contributed by atoms with E-state index in [1.807, 2.05) is 30.3 Å². The number of hydrogen-bond donors (Lipinski definition) is 0. The summed E-state index contributed by atoms with van der Waals surface area (Å²) in [5, 5.41) is 10.9. The second-order valence-electron chi connectivity index (χ2n) is 5.92. The average Bonchev–Trinajstić information content (AvgIpc) is 2.63. The molecule has 8 heteroatoms. The van der Waals surface area contributed by atoms with Gasteiger partial charge in [-0.3, -0.25) is 15.0 Å². The van der Waals surface area contributed by atoms with Crippen molar-refractivity contribution in [3.05, 3.63) is 70.3 Å². The van der Waals surface area contributed by atoms with Gasteiger partial charge in [0.05, 0.1) is 9.82 Å². The van der Waals surface area contributed by atoms with Crippen LogP contribution in [-0.2, 0) is 16.6 Å². The third-order valence-corrected chi connectivity index (χ3v) is 6.14. The fraction of sp³-hybridized carbons (Fsp3) is 0.294. The molecule has 2 aromatic rings. The monoisotopic (exact) mass is 361 g/mol. The normalized spacial score (nSPS) is 16.6. The summed E-state index contributed by atoms with van der Waals surface area (Å²) < 4.78 is 26.8. The molecule has 1 fully saturated rings. The van der Waals surface area contributed by atoms with Gasteiger partial charge in [0.2, 0.25) is 10.0 Å². The second-order valence-corrected chi connectivity index (χ2v) is 7.86. The highest BCUT2D eigenvalue weighted by Crippen LogP contribution is 2.22. The molecule has 0 aromatic heterocycles. The van der Waals surface area contributed by atoms with E-state index in [0.29, 0.717) is 26.2 Å². The lowest BCUT2D eigenvalue weighted by atomic mass is 10.2. The summed E-state index contributed by atoms with van der Waals surface area (Å²) in [6, 6.07) is 15.2. The van der Waals surface area contributed by atoms with Crippen molar-refractivity contribution in [2.75, 3.05) is 26.2 Å². The number of nitro groups is 1. The predicted molar refractivity (Wildman–Crippen MR) is 93.6 cm³/mol.